The van der Waals surface area contributed by atoms with Crippen molar-refractivity contribution in [2.24, 2.45) is 0 Å². The summed E-state index contributed by atoms with van der Waals surface area (Å²) >= 11 is 0. The number of nitrogens with zero attached hydrogens (tertiary/aromatic N) is 4. The molecular formula is C21H23N7. The van der Waals surface area contributed by atoms with E-state index in [1.54, 1.807) is 6.33 Å². The summed E-state index contributed by atoms with van der Waals surface area (Å²) in [6, 6.07) is 10.1. The van der Waals surface area contributed by atoms with Gasteiger partial charge in [0.2, 0.25) is 5.95 Å². The third-order valence-corrected chi connectivity index (χ3v) is 4.93. The van der Waals surface area contributed by atoms with E-state index in [9.17, 15) is 0 Å². The number of H-pyrrole nitrogens is 1. The first-order chi connectivity index (χ1) is 13.6. The fourth-order valence-corrected chi connectivity index (χ4v) is 3.30. The minimum absolute atomic E-state index is 0.267. The van der Waals surface area contributed by atoms with Gasteiger partial charge in [0.05, 0.1) is 23.2 Å². The Balaban J connectivity index is 1.45. The molecule has 7 heteroatoms. The largest absolute Gasteiger partial charge is 0.370 e. The molecule has 3 heterocycles. The lowest BCUT2D eigenvalue weighted by Gasteiger charge is -2.11. The molecule has 7 nitrogen and oxygen atoms in total. The van der Waals surface area contributed by atoms with E-state index in [0.29, 0.717) is 0 Å². The SMILES string of the molecule is Cc1cccc(-c2cc(NCCCc3nccc4[nH]cnc34)nc(N)n2)c1C. The van der Waals surface area contributed by atoms with Crippen LogP contribution in [0, 0.1) is 13.8 Å². The fraction of sp³-hybridized carbons (Fsp3) is 0.238. The van der Waals surface area contributed by atoms with Gasteiger partial charge in [-0.2, -0.15) is 4.98 Å². The van der Waals surface area contributed by atoms with Crippen LogP contribution >= 0.6 is 0 Å². The number of hydrogen-bond donors (Lipinski definition) is 3. The van der Waals surface area contributed by atoms with E-state index in [1.807, 2.05) is 24.4 Å². The second kappa shape index (κ2) is 7.64. The first kappa shape index (κ1) is 17.9. The van der Waals surface area contributed by atoms with Crippen LogP contribution in [0.5, 0.6) is 0 Å². The van der Waals surface area contributed by atoms with Crippen LogP contribution in [0.4, 0.5) is 11.8 Å². The Morgan fingerprint density at radius 2 is 2.00 bits per heavy atom. The highest BCUT2D eigenvalue weighted by atomic mass is 15.1. The second-order valence-corrected chi connectivity index (χ2v) is 6.83. The van der Waals surface area contributed by atoms with Crippen LogP contribution in [-0.4, -0.2) is 31.5 Å². The molecule has 4 rings (SSSR count). The average Bonchev–Trinajstić information content (AvgIpc) is 3.16. The molecule has 0 aliphatic heterocycles. The van der Waals surface area contributed by atoms with Gasteiger partial charge in [0.15, 0.2) is 0 Å². The van der Waals surface area contributed by atoms with Gasteiger partial charge in [-0.05, 0) is 43.9 Å². The third-order valence-electron chi connectivity index (χ3n) is 4.93. The number of fused-ring (bicyclic) bond motifs is 1. The first-order valence-corrected chi connectivity index (χ1v) is 9.34. The van der Waals surface area contributed by atoms with Gasteiger partial charge in [0, 0.05) is 24.4 Å². The summed E-state index contributed by atoms with van der Waals surface area (Å²) in [5, 5.41) is 3.35. The predicted molar refractivity (Wildman–Crippen MR) is 112 cm³/mol. The Labute approximate surface area is 163 Å². The van der Waals surface area contributed by atoms with Gasteiger partial charge in [0.1, 0.15) is 11.3 Å². The maximum Gasteiger partial charge on any atom is 0.222 e. The Kier molecular flexibility index (Phi) is 4.89. The van der Waals surface area contributed by atoms with E-state index >= 15 is 0 Å². The van der Waals surface area contributed by atoms with Crippen molar-refractivity contribution in [3.63, 3.8) is 0 Å². The molecule has 0 aliphatic rings. The molecular weight excluding hydrogens is 350 g/mol. The van der Waals surface area contributed by atoms with Crippen LogP contribution in [0.15, 0.2) is 42.9 Å². The number of nitrogen functional groups attached to an aromatic ring is 1. The smallest absolute Gasteiger partial charge is 0.222 e. The van der Waals surface area contributed by atoms with Crippen LogP contribution in [0.2, 0.25) is 0 Å². The van der Waals surface area contributed by atoms with Crippen molar-refractivity contribution in [1.82, 2.24) is 24.9 Å². The lowest BCUT2D eigenvalue weighted by Crippen LogP contribution is -2.08. The van der Waals surface area contributed by atoms with Gasteiger partial charge < -0.3 is 16.0 Å². The highest BCUT2D eigenvalue weighted by Crippen LogP contribution is 2.26. The molecule has 0 saturated heterocycles. The van der Waals surface area contributed by atoms with Crippen LogP contribution < -0.4 is 11.1 Å². The van der Waals surface area contributed by atoms with Gasteiger partial charge in [-0.1, -0.05) is 18.2 Å². The summed E-state index contributed by atoms with van der Waals surface area (Å²) in [4.78, 5) is 20.7. The average molecular weight is 373 g/mol. The molecule has 0 aliphatic carbocycles. The van der Waals surface area contributed by atoms with E-state index in [2.05, 4.69) is 56.2 Å². The van der Waals surface area contributed by atoms with Crippen molar-refractivity contribution in [3.8, 4) is 11.3 Å². The molecule has 0 radical (unpaired) electrons. The number of pyridine rings is 1. The highest BCUT2D eigenvalue weighted by Gasteiger charge is 2.09. The van der Waals surface area contributed by atoms with Crippen molar-refractivity contribution in [1.29, 1.82) is 0 Å². The van der Waals surface area contributed by atoms with E-state index in [0.717, 1.165) is 53.2 Å². The molecule has 0 bridgehead atoms. The molecule has 28 heavy (non-hydrogen) atoms. The molecule has 0 fully saturated rings. The number of aromatic nitrogens is 5. The number of benzene rings is 1. The molecule has 4 N–H and O–H groups in total. The minimum Gasteiger partial charge on any atom is -0.370 e. The summed E-state index contributed by atoms with van der Waals surface area (Å²) in [6.45, 7) is 4.94. The number of nitrogens with one attached hydrogen (secondary N) is 2. The zero-order chi connectivity index (χ0) is 19.5. The number of aryl methyl sites for hydroxylation is 2. The Morgan fingerprint density at radius 1 is 1.11 bits per heavy atom. The maximum atomic E-state index is 5.95. The standard InChI is InChI=1S/C21H23N7/c1-13-5-3-6-15(14(13)2)18-11-19(28-21(22)27-18)24-9-4-7-16-20-17(8-10-23-16)25-12-26-20/h3,5-6,8,10-12H,4,7,9H2,1-2H3,(H,25,26)(H3,22,24,27,28). The van der Waals surface area contributed by atoms with Crippen LogP contribution in [0.3, 0.4) is 0 Å². The normalized spacial score (nSPS) is 11.1. The summed E-state index contributed by atoms with van der Waals surface area (Å²) < 4.78 is 0. The van der Waals surface area contributed by atoms with Crippen molar-refractivity contribution >= 4 is 22.8 Å². The molecule has 4 aromatic rings. The highest BCUT2D eigenvalue weighted by molar-refractivity contribution is 5.76. The van der Waals surface area contributed by atoms with Crippen molar-refractivity contribution in [2.45, 2.75) is 26.7 Å². The molecule has 0 saturated carbocycles. The number of nitrogens with two attached hydrogens (primary N) is 1. The fourth-order valence-electron chi connectivity index (χ4n) is 3.30. The Hall–Kier alpha value is -3.48. The van der Waals surface area contributed by atoms with Crippen LogP contribution in [0.1, 0.15) is 23.2 Å². The van der Waals surface area contributed by atoms with E-state index in [4.69, 9.17) is 5.73 Å². The Morgan fingerprint density at radius 3 is 2.89 bits per heavy atom. The van der Waals surface area contributed by atoms with E-state index in [1.165, 1.54) is 11.1 Å². The second-order valence-electron chi connectivity index (χ2n) is 6.83. The third kappa shape index (κ3) is 3.64. The molecule has 0 atom stereocenters. The first-order valence-electron chi connectivity index (χ1n) is 9.34. The zero-order valence-electron chi connectivity index (χ0n) is 16.0. The van der Waals surface area contributed by atoms with E-state index < -0.39 is 0 Å². The summed E-state index contributed by atoms with van der Waals surface area (Å²) in [7, 11) is 0. The number of aromatic amines is 1. The molecule has 0 spiro atoms. The number of hydrogen-bond acceptors (Lipinski definition) is 6. The van der Waals surface area contributed by atoms with Crippen LogP contribution in [-0.2, 0) is 6.42 Å². The quantitative estimate of drug-likeness (QED) is 0.446. The number of anilines is 2. The van der Waals surface area contributed by atoms with Crippen molar-refractivity contribution < 1.29 is 0 Å². The summed E-state index contributed by atoms with van der Waals surface area (Å²) in [5.74, 6) is 0.998. The molecule has 142 valence electrons. The van der Waals surface area contributed by atoms with Gasteiger partial charge in [0.25, 0.3) is 0 Å². The molecule has 0 amide bonds. The molecule has 1 aromatic carbocycles. The lowest BCUT2D eigenvalue weighted by molar-refractivity contribution is 0.838. The summed E-state index contributed by atoms with van der Waals surface area (Å²) in [5.41, 5.74) is 13.2. The number of imidazole rings is 1. The predicted octanol–water partition coefficient (Wildman–Crippen LogP) is 3.66. The van der Waals surface area contributed by atoms with Gasteiger partial charge in [-0.3, -0.25) is 4.98 Å². The monoisotopic (exact) mass is 373 g/mol. The zero-order valence-corrected chi connectivity index (χ0v) is 16.0. The van der Waals surface area contributed by atoms with Gasteiger partial charge in [-0.15, -0.1) is 0 Å². The molecule has 0 unspecified atom stereocenters. The van der Waals surface area contributed by atoms with Gasteiger partial charge in [-0.25, -0.2) is 9.97 Å². The van der Waals surface area contributed by atoms with Gasteiger partial charge >= 0.3 is 0 Å². The maximum absolute atomic E-state index is 5.95. The lowest BCUT2D eigenvalue weighted by atomic mass is 10.0. The Bertz CT molecular complexity index is 1120. The number of rotatable bonds is 6. The topological polar surface area (TPSA) is 105 Å². The minimum atomic E-state index is 0.267. The van der Waals surface area contributed by atoms with E-state index in [-0.39, 0.29) is 5.95 Å². The van der Waals surface area contributed by atoms with Crippen molar-refractivity contribution in [2.75, 3.05) is 17.6 Å². The molecule has 3 aromatic heterocycles. The summed E-state index contributed by atoms with van der Waals surface area (Å²) in [6.07, 6.45) is 5.25. The van der Waals surface area contributed by atoms with Crippen LogP contribution in [0.25, 0.3) is 22.3 Å². The van der Waals surface area contributed by atoms with Crippen molar-refractivity contribution in [3.05, 3.63) is 59.7 Å².